The Morgan fingerprint density at radius 3 is 2.36 bits per heavy atom. The van der Waals surface area contributed by atoms with Crippen LogP contribution in [0.15, 0.2) is 30.6 Å². The monoisotopic (exact) mass is 311 g/mol. The number of nitrogens with one attached hydrogen (secondary N) is 2. The number of para-hydroxylation sites is 1. The molecule has 1 heterocycles. The van der Waals surface area contributed by atoms with Crippen LogP contribution in [0.2, 0.25) is 0 Å². The minimum Gasteiger partial charge on any atom is -0.393 e. The summed E-state index contributed by atoms with van der Waals surface area (Å²) in [6.07, 6.45) is -3.23. The molecular formula is C14H16F3N5. The smallest absolute Gasteiger partial charge is 0.393 e. The van der Waals surface area contributed by atoms with Crippen molar-refractivity contribution in [1.29, 1.82) is 0 Å². The molecule has 118 valence electrons. The van der Waals surface area contributed by atoms with Gasteiger partial charge >= 0.3 is 6.18 Å². The first-order valence-electron chi connectivity index (χ1n) is 6.59. The summed E-state index contributed by atoms with van der Waals surface area (Å²) in [6.45, 7) is 3.79. The van der Waals surface area contributed by atoms with E-state index in [1.807, 2.05) is 13.8 Å². The van der Waals surface area contributed by atoms with E-state index >= 15 is 0 Å². The average Bonchev–Trinajstić information content (AvgIpc) is 2.42. The number of rotatable bonds is 4. The molecule has 0 saturated carbocycles. The summed E-state index contributed by atoms with van der Waals surface area (Å²) in [6, 6.07) is 5.21. The second-order valence-corrected chi connectivity index (χ2v) is 4.95. The average molecular weight is 311 g/mol. The maximum absolute atomic E-state index is 13.0. The summed E-state index contributed by atoms with van der Waals surface area (Å²) in [7, 11) is 0. The third-order valence-electron chi connectivity index (χ3n) is 2.79. The van der Waals surface area contributed by atoms with E-state index in [2.05, 4.69) is 20.6 Å². The third kappa shape index (κ3) is 3.57. The zero-order valence-corrected chi connectivity index (χ0v) is 12.1. The van der Waals surface area contributed by atoms with Gasteiger partial charge in [-0.15, -0.1) is 0 Å². The first-order valence-corrected chi connectivity index (χ1v) is 6.59. The topological polar surface area (TPSA) is 75.9 Å². The van der Waals surface area contributed by atoms with Gasteiger partial charge in [0.1, 0.15) is 12.0 Å². The van der Waals surface area contributed by atoms with E-state index < -0.39 is 11.7 Å². The van der Waals surface area contributed by atoms with Crippen molar-refractivity contribution in [3.8, 4) is 0 Å². The van der Waals surface area contributed by atoms with Crippen molar-refractivity contribution in [1.82, 2.24) is 9.97 Å². The van der Waals surface area contributed by atoms with Crippen LogP contribution in [0.4, 0.5) is 36.2 Å². The van der Waals surface area contributed by atoms with Crippen molar-refractivity contribution < 1.29 is 13.2 Å². The third-order valence-corrected chi connectivity index (χ3v) is 2.79. The number of nitrogens with zero attached hydrogens (tertiary/aromatic N) is 2. The standard InChI is InChI=1S/C14H16F3N5/c1-8(2)21-12-11(18)13(20-7-19-12)22-10-6-4-3-5-9(10)14(15,16)17/h3-8H,18H2,1-2H3,(H2,19,20,21,22). The van der Waals surface area contributed by atoms with E-state index in [1.165, 1.54) is 24.5 Å². The van der Waals surface area contributed by atoms with Gasteiger partial charge in [-0.25, -0.2) is 9.97 Å². The number of nitrogens with two attached hydrogens (primary N) is 1. The van der Waals surface area contributed by atoms with Crippen molar-refractivity contribution in [3.63, 3.8) is 0 Å². The SMILES string of the molecule is CC(C)Nc1ncnc(Nc2ccccc2C(F)(F)F)c1N. The van der Waals surface area contributed by atoms with Gasteiger partial charge in [0.2, 0.25) is 0 Å². The number of nitrogen functional groups attached to an aromatic ring is 1. The molecule has 0 unspecified atom stereocenters. The summed E-state index contributed by atoms with van der Waals surface area (Å²) < 4.78 is 39.0. The molecule has 8 heteroatoms. The van der Waals surface area contributed by atoms with Gasteiger partial charge in [-0.3, -0.25) is 0 Å². The number of alkyl halides is 3. The van der Waals surface area contributed by atoms with E-state index in [9.17, 15) is 13.2 Å². The number of hydrogen-bond donors (Lipinski definition) is 3. The Balaban J connectivity index is 2.36. The highest BCUT2D eigenvalue weighted by Gasteiger charge is 2.33. The molecule has 0 spiro atoms. The minimum atomic E-state index is -4.47. The molecule has 0 aliphatic heterocycles. The van der Waals surface area contributed by atoms with E-state index in [4.69, 9.17) is 5.73 Å². The Morgan fingerprint density at radius 1 is 1.09 bits per heavy atom. The molecule has 0 fully saturated rings. The fraction of sp³-hybridized carbons (Fsp3) is 0.286. The molecule has 0 radical (unpaired) electrons. The number of hydrogen-bond acceptors (Lipinski definition) is 5. The van der Waals surface area contributed by atoms with Crippen LogP contribution in [-0.2, 0) is 6.18 Å². The second kappa shape index (κ2) is 6.08. The highest BCUT2D eigenvalue weighted by Crippen LogP contribution is 2.36. The van der Waals surface area contributed by atoms with Crippen molar-refractivity contribution in [2.24, 2.45) is 0 Å². The van der Waals surface area contributed by atoms with Crippen LogP contribution in [0, 0.1) is 0 Å². The van der Waals surface area contributed by atoms with Crippen molar-refractivity contribution in [2.45, 2.75) is 26.1 Å². The maximum Gasteiger partial charge on any atom is 0.418 e. The van der Waals surface area contributed by atoms with Gasteiger partial charge in [0, 0.05) is 6.04 Å². The van der Waals surface area contributed by atoms with Crippen LogP contribution >= 0.6 is 0 Å². The van der Waals surface area contributed by atoms with Gasteiger partial charge in [0.05, 0.1) is 11.3 Å². The number of anilines is 4. The molecule has 2 rings (SSSR count). The highest BCUT2D eigenvalue weighted by atomic mass is 19.4. The minimum absolute atomic E-state index is 0.0764. The fourth-order valence-electron chi connectivity index (χ4n) is 1.85. The summed E-state index contributed by atoms with van der Waals surface area (Å²) in [5.74, 6) is 0.492. The van der Waals surface area contributed by atoms with E-state index in [-0.39, 0.29) is 23.2 Å². The Kier molecular flexibility index (Phi) is 4.39. The summed E-state index contributed by atoms with van der Waals surface area (Å²) in [5.41, 5.74) is 5.17. The van der Waals surface area contributed by atoms with Crippen molar-refractivity contribution in [3.05, 3.63) is 36.2 Å². The number of aromatic nitrogens is 2. The Bertz CT molecular complexity index is 655. The molecular weight excluding hydrogens is 295 g/mol. The maximum atomic E-state index is 13.0. The fourth-order valence-corrected chi connectivity index (χ4v) is 1.85. The van der Waals surface area contributed by atoms with Crippen LogP contribution in [-0.4, -0.2) is 16.0 Å². The zero-order chi connectivity index (χ0) is 16.3. The largest absolute Gasteiger partial charge is 0.418 e. The molecule has 0 bridgehead atoms. The molecule has 1 aromatic carbocycles. The zero-order valence-electron chi connectivity index (χ0n) is 12.1. The van der Waals surface area contributed by atoms with E-state index in [0.29, 0.717) is 5.82 Å². The van der Waals surface area contributed by atoms with Crippen molar-refractivity contribution >= 4 is 23.0 Å². The van der Waals surface area contributed by atoms with Gasteiger partial charge in [-0.2, -0.15) is 13.2 Å². The molecule has 0 saturated heterocycles. The lowest BCUT2D eigenvalue weighted by atomic mass is 10.1. The predicted molar refractivity (Wildman–Crippen MR) is 79.9 cm³/mol. The molecule has 4 N–H and O–H groups in total. The highest BCUT2D eigenvalue weighted by molar-refractivity contribution is 5.78. The van der Waals surface area contributed by atoms with Crippen LogP contribution in [0.1, 0.15) is 19.4 Å². The van der Waals surface area contributed by atoms with E-state index in [1.54, 1.807) is 0 Å². The number of halogens is 3. The van der Waals surface area contributed by atoms with Crippen LogP contribution in [0.5, 0.6) is 0 Å². The Morgan fingerprint density at radius 2 is 1.73 bits per heavy atom. The summed E-state index contributed by atoms with van der Waals surface area (Å²) in [5, 5.41) is 5.63. The molecule has 0 aliphatic rings. The van der Waals surface area contributed by atoms with Gasteiger partial charge in [0.15, 0.2) is 11.6 Å². The summed E-state index contributed by atoms with van der Waals surface area (Å²) in [4.78, 5) is 7.89. The molecule has 2 aromatic rings. The molecule has 22 heavy (non-hydrogen) atoms. The first-order chi connectivity index (χ1) is 10.3. The van der Waals surface area contributed by atoms with Crippen LogP contribution in [0.25, 0.3) is 0 Å². The quantitative estimate of drug-likeness (QED) is 0.803. The molecule has 1 aromatic heterocycles. The van der Waals surface area contributed by atoms with E-state index in [0.717, 1.165) is 6.07 Å². The first kappa shape index (κ1) is 15.9. The van der Waals surface area contributed by atoms with Gasteiger partial charge < -0.3 is 16.4 Å². The lowest BCUT2D eigenvalue weighted by Gasteiger charge is -2.17. The van der Waals surface area contributed by atoms with Gasteiger partial charge in [-0.1, -0.05) is 12.1 Å². The molecule has 5 nitrogen and oxygen atoms in total. The van der Waals surface area contributed by atoms with Gasteiger partial charge in [-0.05, 0) is 26.0 Å². The molecule has 0 atom stereocenters. The molecule has 0 amide bonds. The second-order valence-electron chi connectivity index (χ2n) is 4.95. The molecule has 0 aliphatic carbocycles. The van der Waals surface area contributed by atoms with Crippen molar-refractivity contribution in [2.75, 3.05) is 16.4 Å². The summed E-state index contributed by atoms with van der Waals surface area (Å²) >= 11 is 0. The number of benzene rings is 1. The lowest BCUT2D eigenvalue weighted by molar-refractivity contribution is -0.136. The van der Waals surface area contributed by atoms with Crippen LogP contribution < -0.4 is 16.4 Å². The van der Waals surface area contributed by atoms with Crippen LogP contribution in [0.3, 0.4) is 0 Å². The van der Waals surface area contributed by atoms with Gasteiger partial charge in [0.25, 0.3) is 0 Å². The Hall–Kier alpha value is -2.51. The normalized spacial score (nSPS) is 11.5. The lowest BCUT2D eigenvalue weighted by Crippen LogP contribution is -2.15. The predicted octanol–water partition coefficient (Wildman–Crippen LogP) is 3.64. The Labute approximate surface area is 125 Å².